The molecule has 0 aliphatic rings. The first kappa shape index (κ1) is 18.8. The lowest BCUT2D eigenvalue weighted by molar-refractivity contribution is 0.0505. The number of rotatable bonds is 5. The molecule has 7 heteroatoms. The van der Waals surface area contributed by atoms with Crippen LogP contribution in [0.15, 0.2) is 24.3 Å². The minimum atomic E-state index is -0.541. The molecule has 1 aromatic carbocycles. The van der Waals surface area contributed by atoms with Crippen molar-refractivity contribution in [2.45, 2.75) is 52.8 Å². The van der Waals surface area contributed by atoms with Gasteiger partial charge in [0.25, 0.3) is 0 Å². The number of hydrogen-bond acceptors (Lipinski definition) is 5. The fourth-order valence-corrected chi connectivity index (χ4v) is 2.23. The van der Waals surface area contributed by atoms with Crippen LogP contribution in [-0.2, 0) is 11.3 Å². The molecule has 1 amide bonds. The summed E-state index contributed by atoms with van der Waals surface area (Å²) in [6, 6.07) is 7.46. The summed E-state index contributed by atoms with van der Waals surface area (Å²) in [6.07, 6.45) is -0.482. The molecule has 1 heterocycles. The predicted molar refractivity (Wildman–Crippen MR) is 94.6 cm³/mol. The van der Waals surface area contributed by atoms with Crippen LogP contribution in [0.5, 0.6) is 5.75 Å². The van der Waals surface area contributed by atoms with Gasteiger partial charge in [0.05, 0.1) is 19.7 Å². The molecule has 0 bridgehead atoms. The summed E-state index contributed by atoms with van der Waals surface area (Å²) in [6.45, 7) is 9.79. The number of nitrogens with zero attached hydrogens (tertiary/aromatic N) is 3. The first-order valence-electron chi connectivity index (χ1n) is 8.22. The third-order valence-electron chi connectivity index (χ3n) is 3.49. The van der Waals surface area contributed by atoms with E-state index in [1.807, 2.05) is 63.6 Å². The number of aryl methyl sites for hydroxylation is 1. The van der Waals surface area contributed by atoms with Crippen LogP contribution in [0.2, 0.25) is 0 Å². The van der Waals surface area contributed by atoms with Crippen LogP contribution in [0.4, 0.5) is 4.79 Å². The zero-order chi connectivity index (χ0) is 18.6. The van der Waals surface area contributed by atoms with Gasteiger partial charge in [0, 0.05) is 0 Å². The van der Waals surface area contributed by atoms with Gasteiger partial charge in [-0.1, -0.05) is 12.1 Å². The summed E-state index contributed by atoms with van der Waals surface area (Å²) >= 11 is 0. The Hall–Kier alpha value is -2.57. The number of methoxy groups -OCH3 is 1. The van der Waals surface area contributed by atoms with Crippen molar-refractivity contribution in [2.24, 2.45) is 0 Å². The van der Waals surface area contributed by atoms with Crippen molar-refractivity contribution in [2.75, 3.05) is 7.11 Å². The van der Waals surface area contributed by atoms with Crippen LogP contribution < -0.4 is 10.1 Å². The Morgan fingerprint density at radius 1 is 1.28 bits per heavy atom. The van der Waals surface area contributed by atoms with Gasteiger partial charge in [-0.2, -0.15) is 5.10 Å². The van der Waals surface area contributed by atoms with Gasteiger partial charge in [0.15, 0.2) is 5.82 Å². The van der Waals surface area contributed by atoms with E-state index in [-0.39, 0.29) is 6.04 Å². The average Bonchev–Trinajstić information content (AvgIpc) is 2.87. The third-order valence-corrected chi connectivity index (χ3v) is 3.49. The van der Waals surface area contributed by atoms with Crippen molar-refractivity contribution in [3.63, 3.8) is 0 Å². The maximum atomic E-state index is 11.9. The van der Waals surface area contributed by atoms with Gasteiger partial charge in [-0.15, -0.1) is 0 Å². The lowest BCUT2D eigenvalue weighted by atomic mass is 10.2. The SMILES string of the molecule is COc1ccc(Cn2nc([C@@H](C)NC(=O)OC(C)(C)C)nc2C)cc1. The standard InChI is InChI=1S/C18H26N4O3/c1-12(19-17(23)25-18(3,4)5)16-20-13(2)22(21-16)11-14-7-9-15(24-6)10-8-14/h7-10,12H,11H2,1-6H3,(H,19,23)/t12-/m1/s1. The van der Waals surface area contributed by atoms with Crippen LogP contribution in [0.1, 0.15) is 50.9 Å². The molecule has 0 unspecified atom stereocenters. The normalized spacial score (nSPS) is 12.6. The number of aromatic nitrogens is 3. The molecule has 1 atom stereocenters. The zero-order valence-electron chi connectivity index (χ0n) is 15.7. The van der Waals surface area contributed by atoms with Crippen molar-refractivity contribution in [1.82, 2.24) is 20.1 Å². The summed E-state index contributed by atoms with van der Waals surface area (Å²) in [5.41, 5.74) is 0.550. The second-order valence-corrected chi connectivity index (χ2v) is 6.89. The number of benzene rings is 1. The first-order chi connectivity index (χ1) is 11.7. The van der Waals surface area contributed by atoms with Gasteiger partial charge >= 0.3 is 6.09 Å². The molecule has 0 aliphatic carbocycles. The monoisotopic (exact) mass is 346 g/mol. The van der Waals surface area contributed by atoms with Crippen molar-refractivity contribution < 1.29 is 14.3 Å². The number of carbonyl (C=O) groups excluding carboxylic acids is 1. The Morgan fingerprint density at radius 3 is 2.48 bits per heavy atom. The van der Waals surface area contributed by atoms with E-state index in [0.29, 0.717) is 12.4 Å². The fourth-order valence-electron chi connectivity index (χ4n) is 2.23. The molecule has 0 radical (unpaired) electrons. The largest absolute Gasteiger partial charge is 0.497 e. The fraction of sp³-hybridized carbons (Fsp3) is 0.500. The highest BCUT2D eigenvalue weighted by molar-refractivity contribution is 5.68. The lowest BCUT2D eigenvalue weighted by Crippen LogP contribution is -2.34. The Labute approximate surface area is 148 Å². The van der Waals surface area contributed by atoms with Gasteiger partial charge in [0.2, 0.25) is 0 Å². The number of ether oxygens (including phenoxy) is 2. The highest BCUT2D eigenvalue weighted by atomic mass is 16.6. The van der Waals surface area contributed by atoms with Crippen LogP contribution in [0.25, 0.3) is 0 Å². The van der Waals surface area contributed by atoms with Crippen LogP contribution in [-0.4, -0.2) is 33.6 Å². The average molecular weight is 346 g/mol. The number of carbonyl (C=O) groups is 1. The zero-order valence-corrected chi connectivity index (χ0v) is 15.7. The van der Waals surface area contributed by atoms with E-state index in [4.69, 9.17) is 9.47 Å². The number of alkyl carbamates (subject to hydrolysis) is 1. The molecule has 7 nitrogen and oxygen atoms in total. The van der Waals surface area contributed by atoms with E-state index >= 15 is 0 Å². The molecule has 1 aromatic heterocycles. The molecule has 136 valence electrons. The van der Waals surface area contributed by atoms with Gasteiger partial charge in [-0.3, -0.25) is 0 Å². The highest BCUT2D eigenvalue weighted by Gasteiger charge is 2.20. The molecule has 0 saturated heterocycles. The van der Waals surface area contributed by atoms with E-state index in [2.05, 4.69) is 15.4 Å². The number of amides is 1. The second-order valence-electron chi connectivity index (χ2n) is 6.89. The summed E-state index contributed by atoms with van der Waals surface area (Å²) < 4.78 is 12.2. The highest BCUT2D eigenvalue weighted by Crippen LogP contribution is 2.15. The van der Waals surface area contributed by atoms with Gasteiger partial charge in [-0.25, -0.2) is 14.5 Å². The minimum Gasteiger partial charge on any atom is -0.497 e. The third kappa shape index (κ3) is 5.48. The smallest absolute Gasteiger partial charge is 0.408 e. The van der Waals surface area contributed by atoms with E-state index in [0.717, 1.165) is 17.1 Å². The minimum absolute atomic E-state index is 0.342. The van der Waals surface area contributed by atoms with Crippen molar-refractivity contribution in [1.29, 1.82) is 0 Å². The maximum Gasteiger partial charge on any atom is 0.408 e. The Morgan fingerprint density at radius 2 is 1.92 bits per heavy atom. The molecule has 2 aromatic rings. The van der Waals surface area contributed by atoms with E-state index in [1.165, 1.54) is 0 Å². The molecular weight excluding hydrogens is 320 g/mol. The van der Waals surface area contributed by atoms with Gasteiger partial charge < -0.3 is 14.8 Å². The van der Waals surface area contributed by atoms with Crippen LogP contribution >= 0.6 is 0 Å². The molecule has 0 saturated carbocycles. The molecule has 0 fully saturated rings. The topological polar surface area (TPSA) is 78.3 Å². The summed E-state index contributed by atoms with van der Waals surface area (Å²) in [7, 11) is 1.64. The van der Waals surface area contributed by atoms with Crippen molar-refractivity contribution in [3.8, 4) is 5.75 Å². The van der Waals surface area contributed by atoms with Crippen LogP contribution in [0.3, 0.4) is 0 Å². The van der Waals surface area contributed by atoms with Gasteiger partial charge in [0.1, 0.15) is 17.2 Å². The molecule has 2 rings (SSSR count). The molecular formula is C18H26N4O3. The van der Waals surface area contributed by atoms with E-state index in [9.17, 15) is 4.79 Å². The second kappa shape index (κ2) is 7.55. The number of hydrogen-bond donors (Lipinski definition) is 1. The Bertz CT molecular complexity index is 717. The molecule has 0 spiro atoms. The Balaban J connectivity index is 2.04. The first-order valence-corrected chi connectivity index (χ1v) is 8.22. The lowest BCUT2D eigenvalue weighted by Gasteiger charge is -2.21. The summed E-state index contributed by atoms with van der Waals surface area (Å²) in [5.74, 6) is 2.15. The summed E-state index contributed by atoms with van der Waals surface area (Å²) in [5, 5.41) is 7.26. The van der Waals surface area contributed by atoms with E-state index < -0.39 is 11.7 Å². The number of nitrogens with one attached hydrogen (secondary N) is 1. The molecule has 1 N–H and O–H groups in total. The van der Waals surface area contributed by atoms with Crippen LogP contribution in [0, 0.1) is 6.92 Å². The maximum absolute atomic E-state index is 11.9. The quantitative estimate of drug-likeness (QED) is 0.899. The summed E-state index contributed by atoms with van der Waals surface area (Å²) in [4.78, 5) is 16.3. The molecule has 0 aliphatic heterocycles. The van der Waals surface area contributed by atoms with E-state index in [1.54, 1.807) is 7.11 Å². The van der Waals surface area contributed by atoms with Crippen molar-refractivity contribution in [3.05, 3.63) is 41.5 Å². The molecule has 25 heavy (non-hydrogen) atoms. The van der Waals surface area contributed by atoms with Crippen molar-refractivity contribution >= 4 is 6.09 Å². The predicted octanol–water partition coefficient (Wildman–Crippen LogP) is 3.23. The Kier molecular flexibility index (Phi) is 5.66. The van der Waals surface area contributed by atoms with Gasteiger partial charge in [-0.05, 0) is 52.3 Å².